The summed E-state index contributed by atoms with van der Waals surface area (Å²) in [7, 11) is 0. The van der Waals surface area contributed by atoms with Gasteiger partial charge in [-0.2, -0.15) is 18.3 Å². The Balaban J connectivity index is 0.000000165. The lowest BCUT2D eigenvalue weighted by atomic mass is 10.1. The fourth-order valence-electron chi connectivity index (χ4n) is 3.46. The summed E-state index contributed by atoms with van der Waals surface area (Å²) in [6, 6.07) is 8.29. The van der Waals surface area contributed by atoms with Gasteiger partial charge in [-0.15, -0.1) is 0 Å². The van der Waals surface area contributed by atoms with E-state index in [4.69, 9.17) is 10.5 Å². The largest absolute Gasteiger partial charge is 0.490 e. The summed E-state index contributed by atoms with van der Waals surface area (Å²) in [5.74, 6) is -0.775. The van der Waals surface area contributed by atoms with Crippen molar-refractivity contribution in [3.05, 3.63) is 65.4 Å². The van der Waals surface area contributed by atoms with Crippen LogP contribution in [0.25, 0.3) is 11.3 Å². The number of carbonyl (C=O) groups excluding carboxylic acids is 1. The molecule has 0 saturated heterocycles. The van der Waals surface area contributed by atoms with Gasteiger partial charge >= 0.3 is 6.18 Å². The molecule has 1 aromatic carbocycles. The van der Waals surface area contributed by atoms with E-state index in [9.17, 15) is 22.4 Å². The molecule has 3 aromatic rings. The fraction of sp³-hybridized carbons (Fsp3) is 0.348. The molecule has 33 heavy (non-hydrogen) atoms. The molecule has 0 unspecified atom stereocenters. The van der Waals surface area contributed by atoms with Crippen molar-refractivity contribution in [1.82, 2.24) is 14.8 Å². The van der Waals surface area contributed by atoms with E-state index in [0.717, 1.165) is 56.5 Å². The Morgan fingerprint density at radius 2 is 1.91 bits per heavy atom. The van der Waals surface area contributed by atoms with Gasteiger partial charge in [0.15, 0.2) is 0 Å². The average molecular weight is 462 g/mol. The molecule has 1 aliphatic carbocycles. The van der Waals surface area contributed by atoms with Crippen LogP contribution in [0.2, 0.25) is 0 Å². The minimum absolute atomic E-state index is 0.139. The molecule has 2 aromatic heterocycles. The number of nitrogens with zero attached hydrogens (tertiary/aromatic N) is 3. The van der Waals surface area contributed by atoms with Crippen molar-refractivity contribution in [2.24, 2.45) is 5.73 Å². The van der Waals surface area contributed by atoms with Crippen LogP contribution in [0.5, 0.6) is 5.75 Å². The average Bonchev–Trinajstić information content (AvgIpc) is 3.47. The minimum Gasteiger partial charge on any atom is -0.490 e. The van der Waals surface area contributed by atoms with Crippen LogP contribution >= 0.6 is 0 Å². The summed E-state index contributed by atoms with van der Waals surface area (Å²) in [5.41, 5.74) is 6.44. The van der Waals surface area contributed by atoms with E-state index in [2.05, 4.69) is 10.1 Å². The predicted octanol–water partition coefficient (Wildman–Crippen LogP) is 4.77. The Labute approximate surface area is 187 Å². The second-order valence-corrected chi connectivity index (χ2v) is 7.99. The molecule has 0 atom stereocenters. The van der Waals surface area contributed by atoms with E-state index in [-0.39, 0.29) is 11.7 Å². The normalized spacial score (nSPS) is 15.3. The molecule has 0 radical (unpaired) electrons. The van der Waals surface area contributed by atoms with E-state index in [1.165, 1.54) is 18.3 Å². The van der Waals surface area contributed by atoms with Gasteiger partial charge in [0.1, 0.15) is 17.3 Å². The van der Waals surface area contributed by atoms with Gasteiger partial charge in [0.25, 0.3) is 0 Å². The molecule has 2 N–H and O–H groups in total. The molecular formula is C23H22F4N4O2. The number of aromatic nitrogens is 3. The van der Waals surface area contributed by atoms with Gasteiger partial charge < -0.3 is 10.5 Å². The first-order valence-electron chi connectivity index (χ1n) is 10.6. The summed E-state index contributed by atoms with van der Waals surface area (Å²) >= 11 is 0. The van der Waals surface area contributed by atoms with Crippen molar-refractivity contribution in [3.8, 4) is 17.0 Å². The third-order valence-corrected chi connectivity index (χ3v) is 5.25. The number of rotatable bonds is 4. The number of halogens is 4. The van der Waals surface area contributed by atoms with Crippen LogP contribution in [0.4, 0.5) is 17.6 Å². The maximum atomic E-state index is 13.0. The molecule has 1 fully saturated rings. The van der Waals surface area contributed by atoms with Crippen molar-refractivity contribution < 1.29 is 27.1 Å². The first-order valence-corrected chi connectivity index (χ1v) is 10.6. The summed E-state index contributed by atoms with van der Waals surface area (Å²) in [6.45, 7) is 0.840. The van der Waals surface area contributed by atoms with Crippen molar-refractivity contribution in [1.29, 1.82) is 0 Å². The molecule has 2 aliphatic rings. The molecule has 174 valence electrons. The minimum atomic E-state index is -4.42. The Morgan fingerprint density at radius 3 is 2.58 bits per heavy atom. The lowest BCUT2D eigenvalue weighted by Gasteiger charge is -2.11. The standard InChI is InChI=1S/C13H12F3N3.C10H10FNO2/c14-13(15,16)12-7-9(4-5-17-12)11-8-10-3-1-2-6-19(10)18-11;11-7-3-6(10(12)13)4-9(5-7)14-8-1-2-8/h4-5,7-8H,1-3,6H2;3-5,8H,1-2H2,(H2,12,13). The van der Waals surface area contributed by atoms with Crippen LogP contribution in [0.15, 0.2) is 42.6 Å². The molecule has 1 amide bonds. The van der Waals surface area contributed by atoms with Crippen LogP contribution in [0.3, 0.4) is 0 Å². The topological polar surface area (TPSA) is 83.0 Å². The third kappa shape index (κ3) is 5.88. The Morgan fingerprint density at radius 1 is 1.12 bits per heavy atom. The van der Waals surface area contributed by atoms with Crippen LogP contribution in [-0.2, 0) is 19.1 Å². The molecule has 0 spiro atoms. The van der Waals surface area contributed by atoms with Crippen molar-refractivity contribution in [2.75, 3.05) is 0 Å². The smallest absolute Gasteiger partial charge is 0.433 e. The van der Waals surface area contributed by atoms with Crippen LogP contribution < -0.4 is 10.5 Å². The molecule has 3 heterocycles. The molecule has 1 saturated carbocycles. The predicted molar refractivity (Wildman–Crippen MR) is 112 cm³/mol. The molecule has 5 rings (SSSR count). The van der Waals surface area contributed by atoms with Gasteiger partial charge in [-0.25, -0.2) is 4.39 Å². The lowest BCUT2D eigenvalue weighted by molar-refractivity contribution is -0.141. The number of amides is 1. The third-order valence-electron chi connectivity index (χ3n) is 5.25. The highest BCUT2D eigenvalue weighted by molar-refractivity contribution is 5.93. The number of pyridine rings is 1. The zero-order chi connectivity index (χ0) is 23.6. The SMILES string of the molecule is FC(F)(F)c1cc(-c2cc3n(n2)CCCC3)ccn1.NC(=O)c1cc(F)cc(OC2CC2)c1. The van der Waals surface area contributed by atoms with Gasteiger partial charge in [0.2, 0.25) is 5.91 Å². The highest BCUT2D eigenvalue weighted by atomic mass is 19.4. The van der Waals surface area contributed by atoms with E-state index >= 15 is 0 Å². The first kappa shape index (κ1) is 22.8. The number of alkyl halides is 3. The maximum Gasteiger partial charge on any atom is 0.433 e. The quantitative estimate of drug-likeness (QED) is 0.567. The van der Waals surface area contributed by atoms with E-state index in [1.54, 1.807) is 6.07 Å². The van der Waals surface area contributed by atoms with Gasteiger partial charge in [-0.1, -0.05) is 0 Å². The number of hydrogen-bond acceptors (Lipinski definition) is 4. The second-order valence-electron chi connectivity index (χ2n) is 7.99. The molecule has 1 aliphatic heterocycles. The number of carbonyl (C=O) groups is 1. The lowest BCUT2D eigenvalue weighted by Crippen LogP contribution is -2.11. The summed E-state index contributed by atoms with van der Waals surface area (Å²) in [5, 5.41) is 4.37. The van der Waals surface area contributed by atoms with E-state index < -0.39 is 23.6 Å². The zero-order valence-electron chi connectivity index (χ0n) is 17.6. The van der Waals surface area contributed by atoms with Crippen LogP contribution in [-0.4, -0.2) is 26.8 Å². The number of ether oxygens (including phenoxy) is 1. The first-order chi connectivity index (χ1) is 15.7. The van der Waals surface area contributed by atoms with Crippen molar-refractivity contribution >= 4 is 5.91 Å². The van der Waals surface area contributed by atoms with Crippen molar-refractivity contribution in [2.45, 2.75) is 50.9 Å². The van der Waals surface area contributed by atoms with Gasteiger partial charge in [-0.05, 0) is 62.4 Å². The zero-order valence-corrected chi connectivity index (χ0v) is 17.6. The Bertz CT molecular complexity index is 1130. The summed E-state index contributed by atoms with van der Waals surface area (Å²) in [4.78, 5) is 14.2. The fourth-order valence-corrected chi connectivity index (χ4v) is 3.46. The number of hydrogen-bond donors (Lipinski definition) is 1. The van der Waals surface area contributed by atoms with Crippen LogP contribution in [0.1, 0.15) is 47.4 Å². The van der Waals surface area contributed by atoms with E-state index in [1.807, 2.05) is 10.7 Å². The number of nitrogens with two attached hydrogens (primary N) is 1. The van der Waals surface area contributed by atoms with Crippen molar-refractivity contribution in [3.63, 3.8) is 0 Å². The number of aryl methyl sites for hydroxylation is 2. The second kappa shape index (κ2) is 9.21. The monoisotopic (exact) mass is 462 g/mol. The molecule has 10 heteroatoms. The summed E-state index contributed by atoms with van der Waals surface area (Å²) < 4.78 is 58.1. The Hall–Kier alpha value is -3.43. The molecular weight excluding hydrogens is 440 g/mol. The van der Waals surface area contributed by atoms with Gasteiger partial charge in [0.05, 0.1) is 11.8 Å². The van der Waals surface area contributed by atoms with Gasteiger partial charge in [0, 0.05) is 35.6 Å². The summed E-state index contributed by atoms with van der Waals surface area (Å²) in [6.07, 6.45) is 2.02. The van der Waals surface area contributed by atoms with E-state index in [0.29, 0.717) is 17.0 Å². The molecule has 0 bridgehead atoms. The molecule has 6 nitrogen and oxygen atoms in total. The maximum absolute atomic E-state index is 13.0. The van der Waals surface area contributed by atoms with Gasteiger partial charge in [-0.3, -0.25) is 14.5 Å². The number of benzene rings is 1. The highest BCUT2D eigenvalue weighted by Gasteiger charge is 2.32. The number of fused-ring (bicyclic) bond motifs is 1. The Kier molecular flexibility index (Phi) is 6.35. The van der Waals surface area contributed by atoms with Crippen LogP contribution in [0, 0.1) is 5.82 Å². The number of primary amides is 1. The highest BCUT2D eigenvalue weighted by Crippen LogP contribution is 2.31.